The number of pyridine rings is 1. The molecule has 6 nitrogen and oxygen atoms in total. The van der Waals surface area contributed by atoms with E-state index in [2.05, 4.69) is 25.9 Å². The van der Waals surface area contributed by atoms with Crippen LogP contribution >= 0.6 is 0 Å². The van der Waals surface area contributed by atoms with E-state index in [1.807, 2.05) is 35.4 Å². The number of aromatic nitrogens is 3. The van der Waals surface area contributed by atoms with Crippen molar-refractivity contribution in [2.24, 2.45) is 5.92 Å². The van der Waals surface area contributed by atoms with E-state index >= 15 is 0 Å². The number of benzene rings is 1. The molecule has 1 saturated heterocycles. The largest absolute Gasteiger partial charge is 0.345 e. The van der Waals surface area contributed by atoms with Crippen molar-refractivity contribution in [2.75, 3.05) is 19.6 Å². The average Bonchev–Trinajstić information content (AvgIpc) is 3.33. The lowest BCUT2D eigenvalue weighted by molar-refractivity contribution is 0.0583. The van der Waals surface area contributed by atoms with Crippen molar-refractivity contribution in [3.05, 3.63) is 60.2 Å². The summed E-state index contributed by atoms with van der Waals surface area (Å²) in [4.78, 5) is 30.1. The SMILES string of the molecule is O=C(c1ccc2nc[nH]c2c1)N(Cc1cccnc1)C[C@@H]1CCCN(C2CCCCC2)C1. The first-order valence-electron chi connectivity index (χ1n) is 12.1. The van der Waals surface area contributed by atoms with Crippen LogP contribution in [0.1, 0.15) is 60.9 Å². The third kappa shape index (κ3) is 4.85. The Balaban J connectivity index is 1.33. The molecule has 3 heterocycles. The zero-order chi connectivity index (χ0) is 21.8. The summed E-state index contributed by atoms with van der Waals surface area (Å²) in [5.74, 6) is 0.599. The fraction of sp³-hybridized carbons (Fsp3) is 0.500. The highest BCUT2D eigenvalue weighted by Gasteiger charge is 2.29. The van der Waals surface area contributed by atoms with Crippen LogP contribution in [0.4, 0.5) is 0 Å². The maximum atomic E-state index is 13.6. The topological polar surface area (TPSA) is 65.1 Å². The molecule has 1 aliphatic carbocycles. The molecule has 0 spiro atoms. The second-order valence-electron chi connectivity index (χ2n) is 9.48. The van der Waals surface area contributed by atoms with Gasteiger partial charge in [0.25, 0.3) is 5.91 Å². The van der Waals surface area contributed by atoms with E-state index < -0.39 is 0 Å². The third-order valence-electron chi connectivity index (χ3n) is 7.17. The lowest BCUT2D eigenvalue weighted by atomic mass is 9.90. The molecule has 2 fully saturated rings. The van der Waals surface area contributed by atoms with Crippen LogP contribution < -0.4 is 0 Å². The maximum absolute atomic E-state index is 13.6. The Bertz CT molecular complexity index is 1030. The van der Waals surface area contributed by atoms with E-state index in [-0.39, 0.29) is 5.91 Å². The van der Waals surface area contributed by atoms with Crippen LogP contribution in [0.3, 0.4) is 0 Å². The Morgan fingerprint density at radius 3 is 2.88 bits per heavy atom. The van der Waals surface area contributed by atoms with Gasteiger partial charge in [0.15, 0.2) is 0 Å². The molecular formula is C26H33N5O. The highest BCUT2D eigenvalue weighted by atomic mass is 16.2. The number of fused-ring (bicyclic) bond motifs is 1. The lowest BCUT2D eigenvalue weighted by Gasteiger charge is -2.41. The van der Waals surface area contributed by atoms with E-state index in [0.717, 1.165) is 35.7 Å². The number of aromatic amines is 1. The van der Waals surface area contributed by atoms with E-state index in [1.165, 1.54) is 51.5 Å². The van der Waals surface area contributed by atoms with Crippen molar-refractivity contribution in [1.29, 1.82) is 0 Å². The average molecular weight is 432 g/mol. The number of H-pyrrole nitrogens is 1. The molecule has 1 aromatic carbocycles. The molecule has 2 aliphatic rings. The number of carbonyl (C=O) groups is 1. The highest BCUT2D eigenvalue weighted by Crippen LogP contribution is 2.28. The van der Waals surface area contributed by atoms with Crippen LogP contribution in [-0.2, 0) is 6.54 Å². The molecule has 1 atom stereocenters. The summed E-state index contributed by atoms with van der Waals surface area (Å²) >= 11 is 0. The summed E-state index contributed by atoms with van der Waals surface area (Å²) in [6.07, 6.45) is 14.6. The minimum atomic E-state index is 0.0835. The van der Waals surface area contributed by atoms with Crippen LogP contribution in [0.25, 0.3) is 11.0 Å². The summed E-state index contributed by atoms with van der Waals surface area (Å²) < 4.78 is 0. The Labute approximate surface area is 190 Å². The predicted molar refractivity (Wildman–Crippen MR) is 126 cm³/mol. The van der Waals surface area contributed by atoms with Gasteiger partial charge in [0.1, 0.15) is 0 Å². The monoisotopic (exact) mass is 431 g/mol. The van der Waals surface area contributed by atoms with Gasteiger partial charge >= 0.3 is 0 Å². The summed E-state index contributed by atoms with van der Waals surface area (Å²) in [6, 6.07) is 10.5. The molecule has 0 unspecified atom stereocenters. The van der Waals surface area contributed by atoms with E-state index in [4.69, 9.17) is 0 Å². The molecule has 168 valence electrons. The summed E-state index contributed by atoms with van der Waals surface area (Å²) in [7, 11) is 0. The first-order chi connectivity index (χ1) is 15.8. The summed E-state index contributed by atoms with van der Waals surface area (Å²) in [6.45, 7) is 3.71. The van der Waals surface area contributed by atoms with Gasteiger partial charge in [0.05, 0.1) is 17.4 Å². The zero-order valence-corrected chi connectivity index (χ0v) is 18.7. The maximum Gasteiger partial charge on any atom is 0.254 e. The minimum absolute atomic E-state index is 0.0835. The standard InChI is InChI=1S/C26H33N5O/c32-26(22-10-11-24-25(14-22)29-19-28-24)31(16-20-6-4-12-27-15-20)18-21-7-5-13-30(17-21)23-8-2-1-3-9-23/h4,6,10-12,14-15,19,21,23H,1-3,5,7-9,13,16-18H2,(H,28,29)/t21-/m1/s1. The van der Waals surface area contributed by atoms with E-state index in [0.29, 0.717) is 18.0 Å². The van der Waals surface area contributed by atoms with Gasteiger partial charge < -0.3 is 14.8 Å². The van der Waals surface area contributed by atoms with Gasteiger partial charge in [-0.15, -0.1) is 0 Å². The lowest BCUT2D eigenvalue weighted by Crippen LogP contribution is -2.47. The Kier molecular flexibility index (Phi) is 6.49. The van der Waals surface area contributed by atoms with E-state index in [9.17, 15) is 4.79 Å². The van der Waals surface area contributed by atoms with Crippen molar-refractivity contribution in [1.82, 2.24) is 24.8 Å². The fourth-order valence-electron chi connectivity index (χ4n) is 5.52. The molecule has 0 radical (unpaired) electrons. The van der Waals surface area contributed by atoms with Crippen molar-refractivity contribution in [3.8, 4) is 0 Å². The second-order valence-corrected chi connectivity index (χ2v) is 9.48. The number of rotatable bonds is 6. The number of carbonyl (C=O) groups excluding carboxylic acids is 1. The zero-order valence-electron chi connectivity index (χ0n) is 18.7. The Morgan fingerprint density at radius 1 is 1.12 bits per heavy atom. The molecule has 0 bridgehead atoms. The quantitative estimate of drug-likeness (QED) is 0.617. The van der Waals surface area contributed by atoms with Crippen molar-refractivity contribution < 1.29 is 4.79 Å². The smallest absolute Gasteiger partial charge is 0.254 e. The summed E-state index contributed by atoms with van der Waals surface area (Å²) in [5.41, 5.74) is 3.57. The van der Waals surface area contributed by atoms with Gasteiger partial charge in [-0.25, -0.2) is 4.98 Å². The number of amides is 1. The minimum Gasteiger partial charge on any atom is -0.345 e. The van der Waals surface area contributed by atoms with Crippen LogP contribution in [0.15, 0.2) is 49.1 Å². The van der Waals surface area contributed by atoms with Gasteiger partial charge in [-0.2, -0.15) is 0 Å². The van der Waals surface area contributed by atoms with Crippen LogP contribution in [0.5, 0.6) is 0 Å². The first-order valence-corrected chi connectivity index (χ1v) is 12.1. The molecule has 3 aromatic rings. The first kappa shape index (κ1) is 21.1. The van der Waals surface area contributed by atoms with Crippen molar-refractivity contribution >= 4 is 16.9 Å². The molecule has 1 saturated carbocycles. The van der Waals surface area contributed by atoms with Gasteiger partial charge in [-0.05, 0) is 68.0 Å². The molecule has 32 heavy (non-hydrogen) atoms. The molecule has 5 rings (SSSR count). The van der Waals surface area contributed by atoms with Gasteiger partial charge in [0.2, 0.25) is 0 Å². The Hall–Kier alpha value is -2.73. The second kappa shape index (κ2) is 9.82. The molecule has 1 amide bonds. The summed E-state index contributed by atoms with van der Waals surface area (Å²) in [5, 5.41) is 0. The number of hydrogen-bond donors (Lipinski definition) is 1. The number of nitrogens with zero attached hydrogens (tertiary/aromatic N) is 4. The molecule has 2 aromatic heterocycles. The van der Waals surface area contributed by atoms with Crippen molar-refractivity contribution in [3.63, 3.8) is 0 Å². The van der Waals surface area contributed by atoms with E-state index in [1.54, 1.807) is 12.5 Å². The van der Waals surface area contributed by atoms with Crippen molar-refractivity contribution in [2.45, 2.75) is 57.5 Å². The number of nitrogens with one attached hydrogen (secondary N) is 1. The molecule has 6 heteroatoms. The highest BCUT2D eigenvalue weighted by molar-refractivity contribution is 5.97. The predicted octanol–water partition coefficient (Wildman–Crippen LogP) is 4.65. The number of hydrogen-bond acceptors (Lipinski definition) is 4. The van der Waals surface area contributed by atoms with Crippen LogP contribution in [0.2, 0.25) is 0 Å². The third-order valence-corrected chi connectivity index (χ3v) is 7.17. The number of imidazole rings is 1. The van der Waals surface area contributed by atoms with Crippen LogP contribution in [0, 0.1) is 5.92 Å². The number of piperidine rings is 1. The van der Waals surface area contributed by atoms with Gasteiger partial charge in [-0.1, -0.05) is 25.3 Å². The molecule has 1 aliphatic heterocycles. The Morgan fingerprint density at radius 2 is 2.03 bits per heavy atom. The fourth-order valence-corrected chi connectivity index (χ4v) is 5.52. The normalized spacial score (nSPS) is 20.4. The van der Waals surface area contributed by atoms with Gasteiger partial charge in [0, 0.05) is 43.6 Å². The van der Waals surface area contributed by atoms with Crippen LogP contribution in [-0.4, -0.2) is 56.3 Å². The number of likely N-dealkylation sites (tertiary alicyclic amines) is 1. The molecule has 1 N–H and O–H groups in total. The van der Waals surface area contributed by atoms with Gasteiger partial charge in [-0.3, -0.25) is 9.78 Å². The molecular weight excluding hydrogens is 398 g/mol.